The van der Waals surface area contributed by atoms with Crippen LogP contribution in [0.5, 0.6) is 0 Å². The Hall–Kier alpha value is -2.38. The Labute approximate surface area is 148 Å². The van der Waals surface area contributed by atoms with Gasteiger partial charge in [-0.2, -0.15) is 0 Å². The van der Waals surface area contributed by atoms with Crippen LogP contribution in [0.1, 0.15) is 53.9 Å². The molecule has 0 heterocycles. The van der Waals surface area contributed by atoms with Crippen LogP contribution in [0.15, 0.2) is 0 Å². The van der Waals surface area contributed by atoms with Crippen molar-refractivity contribution < 1.29 is 38.2 Å². The Balaban J connectivity index is -0.000000338. The first-order chi connectivity index (χ1) is 11.7. The first-order valence-corrected chi connectivity index (χ1v) is 7.86. The van der Waals surface area contributed by atoms with E-state index in [0.29, 0.717) is 19.3 Å². The number of hydrogen-bond acceptors (Lipinski definition) is 8. The molecular weight excluding hydrogens is 332 g/mol. The molecule has 8 heteroatoms. The maximum atomic E-state index is 10.9. The highest BCUT2D eigenvalue weighted by molar-refractivity contribution is 5.93. The number of ketones is 2. The summed E-state index contributed by atoms with van der Waals surface area (Å²) < 4.78 is 9.17. The molecule has 0 saturated carbocycles. The lowest BCUT2D eigenvalue weighted by atomic mass is 10.1. The van der Waals surface area contributed by atoms with Crippen LogP contribution in [-0.2, 0) is 38.2 Å². The van der Waals surface area contributed by atoms with E-state index < -0.39 is 11.9 Å². The average molecular weight is 360 g/mol. The van der Waals surface area contributed by atoms with Crippen molar-refractivity contribution in [1.82, 2.24) is 0 Å². The molecule has 0 amide bonds. The lowest BCUT2D eigenvalue weighted by molar-refractivity contribution is -0.150. The molecule has 144 valence electrons. The molecule has 8 nitrogen and oxygen atoms in total. The Morgan fingerprint density at radius 3 is 1.68 bits per heavy atom. The zero-order chi connectivity index (χ0) is 20.3. The third-order valence-corrected chi connectivity index (χ3v) is 2.25. The van der Waals surface area contributed by atoms with Crippen LogP contribution in [0.3, 0.4) is 0 Å². The van der Waals surface area contributed by atoms with E-state index in [2.05, 4.69) is 9.47 Å². The van der Waals surface area contributed by atoms with E-state index in [1.807, 2.05) is 0 Å². The SMILES string of the molecule is CC=O.CCOC(=O)C(C=O)CC(C)=O.CCOC(=O)CCC(C)=O. The van der Waals surface area contributed by atoms with E-state index in [1.54, 1.807) is 13.8 Å². The summed E-state index contributed by atoms with van der Waals surface area (Å²) in [5, 5.41) is 0. The molecule has 0 aliphatic rings. The minimum atomic E-state index is -0.928. The number of ether oxygens (including phenoxy) is 2. The van der Waals surface area contributed by atoms with Gasteiger partial charge in [-0.15, -0.1) is 0 Å². The van der Waals surface area contributed by atoms with Crippen molar-refractivity contribution in [2.24, 2.45) is 5.92 Å². The fourth-order valence-corrected chi connectivity index (χ4v) is 1.26. The molecule has 0 spiro atoms. The van der Waals surface area contributed by atoms with Crippen molar-refractivity contribution in [2.45, 2.75) is 53.9 Å². The number of rotatable bonds is 9. The Bertz CT molecular complexity index is 428. The third-order valence-electron chi connectivity index (χ3n) is 2.25. The fourth-order valence-electron chi connectivity index (χ4n) is 1.26. The third kappa shape index (κ3) is 24.0. The van der Waals surface area contributed by atoms with Crippen LogP contribution in [0.4, 0.5) is 0 Å². The van der Waals surface area contributed by atoms with Gasteiger partial charge in [0.15, 0.2) is 0 Å². The molecule has 0 aliphatic carbocycles. The normalized spacial score (nSPS) is 9.80. The first kappa shape index (κ1) is 27.5. The molecule has 0 aliphatic heterocycles. The molecule has 1 atom stereocenters. The zero-order valence-electron chi connectivity index (χ0n) is 15.5. The maximum absolute atomic E-state index is 10.9. The van der Waals surface area contributed by atoms with E-state index in [0.717, 1.165) is 6.29 Å². The van der Waals surface area contributed by atoms with Crippen molar-refractivity contribution in [3.8, 4) is 0 Å². The van der Waals surface area contributed by atoms with Crippen LogP contribution in [0.25, 0.3) is 0 Å². The number of Topliss-reactive ketones (excluding diaryl/α,β-unsaturated/α-hetero) is 2. The highest BCUT2D eigenvalue weighted by atomic mass is 16.5. The smallest absolute Gasteiger partial charge is 0.316 e. The molecule has 0 bridgehead atoms. The van der Waals surface area contributed by atoms with E-state index in [-0.39, 0.29) is 37.0 Å². The van der Waals surface area contributed by atoms with Gasteiger partial charge < -0.3 is 23.9 Å². The summed E-state index contributed by atoms with van der Waals surface area (Å²) in [6, 6.07) is 0. The van der Waals surface area contributed by atoms with Gasteiger partial charge in [0.05, 0.1) is 19.6 Å². The summed E-state index contributed by atoms with van der Waals surface area (Å²) in [6.45, 7) is 8.23. The second-order valence-electron chi connectivity index (χ2n) is 4.64. The highest BCUT2D eigenvalue weighted by Crippen LogP contribution is 2.02. The predicted molar refractivity (Wildman–Crippen MR) is 89.8 cm³/mol. The minimum absolute atomic E-state index is 0.0213. The van der Waals surface area contributed by atoms with E-state index in [1.165, 1.54) is 20.8 Å². The van der Waals surface area contributed by atoms with Gasteiger partial charge in [-0.25, -0.2) is 0 Å². The molecule has 0 aromatic carbocycles. The van der Waals surface area contributed by atoms with Crippen molar-refractivity contribution in [3.63, 3.8) is 0 Å². The predicted octanol–water partition coefficient (Wildman–Crippen LogP) is 1.47. The minimum Gasteiger partial charge on any atom is -0.466 e. The number of carbonyl (C=O) groups is 6. The van der Waals surface area contributed by atoms with Gasteiger partial charge >= 0.3 is 11.9 Å². The van der Waals surface area contributed by atoms with Crippen LogP contribution in [0, 0.1) is 5.92 Å². The highest BCUT2D eigenvalue weighted by Gasteiger charge is 2.20. The van der Waals surface area contributed by atoms with Gasteiger partial charge in [-0.1, -0.05) is 0 Å². The molecule has 0 radical (unpaired) electrons. The van der Waals surface area contributed by atoms with Crippen molar-refractivity contribution in [2.75, 3.05) is 13.2 Å². The van der Waals surface area contributed by atoms with Gasteiger partial charge in [-0.3, -0.25) is 14.4 Å². The van der Waals surface area contributed by atoms with Crippen LogP contribution >= 0.6 is 0 Å². The molecule has 0 aromatic rings. The van der Waals surface area contributed by atoms with E-state index in [9.17, 15) is 24.0 Å². The second-order valence-corrected chi connectivity index (χ2v) is 4.64. The van der Waals surface area contributed by atoms with Gasteiger partial charge in [0.1, 0.15) is 30.1 Å². The molecule has 25 heavy (non-hydrogen) atoms. The average Bonchev–Trinajstić information content (AvgIpc) is 2.52. The Kier molecular flexibility index (Phi) is 21.6. The van der Waals surface area contributed by atoms with Crippen molar-refractivity contribution in [1.29, 1.82) is 0 Å². The second kappa shape index (κ2) is 19.7. The van der Waals surface area contributed by atoms with Gasteiger partial charge in [0.2, 0.25) is 0 Å². The van der Waals surface area contributed by atoms with Crippen molar-refractivity contribution in [3.05, 3.63) is 0 Å². The zero-order valence-corrected chi connectivity index (χ0v) is 15.5. The summed E-state index contributed by atoms with van der Waals surface area (Å²) in [7, 11) is 0. The maximum Gasteiger partial charge on any atom is 0.316 e. The lowest BCUT2D eigenvalue weighted by Crippen LogP contribution is -2.21. The van der Waals surface area contributed by atoms with E-state index in [4.69, 9.17) is 4.79 Å². The van der Waals surface area contributed by atoms with Gasteiger partial charge in [0.25, 0.3) is 0 Å². The number of carbonyl (C=O) groups excluding carboxylic acids is 6. The number of hydrogen-bond donors (Lipinski definition) is 0. The molecule has 0 fully saturated rings. The monoisotopic (exact) mass is 360 g/mol. The van der Waals surface area contributed by atoms with Crippen LogP contribution < -0.4 is 0 Å². The molecule has 0 aromatic heterocycles. The van der Waals surface area contributed by atoms with Crippen LogP contribution in [0.2, 0.25) is 0 Å². The Morgan fingerprint density at radius 2 is 1.36 bits per heavy atom. The molecule has 1 unspecified atom stereocenters. The van der Waals surface area contributed by atoms with Crippen LogP contribution in [-0.4, -0.2) is 49.3 Å². The Morgan fingerprint density at radius 1 is 0.880 bits per heavy atom. The van der Waals surface area contributed by atoms with Crippen molar-refractivity contribution >= 4 is 36.1 Å². The topological polar surface area (TPSA) is 121 Å². The molecule has 0 N–H and O–H groups in total. The lowest BCUT2D eigenvalue weighted by Gasteiger charge is -2.06. The number of esters is 2. The molecule has 0 rings (SSSR count). The molecular formula is C17H28O8. The fraction of sp³-hybridized carbons (Fsp3) is 0.647. The number of aldehydes is 2. The quantitative estimate of drug-likeness (QED) is 0.344. The largest absolute Gasteiger partial charge is 0.466 e. The summed E-state index contributed by atoms with van der Waals surface area (Å²) in [6.07, 6.45) is 1.63. The van der Waals surface area contributed by atoms with Gasteiger partial charge in [0, 0.05) is 12.8 Å². The first-order valence-electron chi connectivity index (χ1n) is 7.86. The summed E-state index contributed by atoms with van der Waals surface area (Å²) in [4.78, 5) is 61.5. The van der Waals surface area contributed by atoms with E-state index >= 15 is 0 Å². The summed E-state index contributed by atoms with van der Waals surface area (Å²) in [5.74, 6) is -2.02. The molecule has 0 saturated heterocycles. The summed E-state index contributed by atoms with van der Waals surface area (Å²) in [5.41, 5.74) is 0. The summed E-state index contributed by atoms with van der Waals surface area (Å²) >= 11 is 0. The standard InChI is InChI=1S/C8H12O4.C7H12O3.C2H4O/c1-3-12-8(11)7(5-9)4-6(2)10;1-3-10-7(9)5-4-6(2)8;1-2-3/h5,7H,3-4H2,1-2H3;3-5H2,1-2H3;2H,1H3. The van der Waals surface area contributed by atoms with Gasteiger partial charge in [-0.05, 0) is 34.6 Å².